The van der Waals surface area contributed by atoms with Crippen molar-refractivity contribution in [2.45, 2.75) is 26.4 Å². The minimum Gasteiger partial charge on any atom is -0.461 e. The van der Waals surface area contributed by atoms with E-state index in [-0.39, 0.29) is 12.1 Å². The average molecular weight is 157 g/mol. The minimum atomic E-state index is -0.364. The van der Waals surface area contributed by atoms with E-state index in [4.69, 9.17) is 9.57 Å². The number of carbonyl (C=O) groups excluding carboxylic acids is 1. The van der Waals surface area contributed by atoms with Gasteiger partial charge < -0.3 is 9.57 Å². The van der Waals surface area contributed by atoms with Gasteiger partial charge in [0.05, 0.1) is 6.61 Å². The zero-order chi connectivity index (χ0) is 8.27. The molecule has 1 aliphatic heterocycles. The summed E-state index contributed by atoms with van der Waals surface area (Å²) in [4.78, 5) is 15.8. The van der Waals surface area contributed by atoms with Crippen LogP contribution in [-0.2, 0) is 14.4 Å². The summed E-state index contributed by atoms with van der Waals surface area (Å²) in [7, 11) is 0. The minimum absolute atomic E-state index is 0.00871. The molecule has 11 heavy (non-hydrogen) atoms. The molecule has 0 aromatic carbocycles. The van der Waals surface area contributed by atoms with Crippen LogP contribution in [-0.4, -0.2) is 24.4 Å². The van der Waals surface area contributed by atoms with Crippen molar-refractivity contribution in [2.75, 3.05) is 6.61 Å². The second-order valence-corrected chi connectivity index (χ2v) is 2.38. The van der Waals surface area contributed by atoms with E-state index in [1.807, 2.05) is 6.92 Å². The quantitative estimate of drug-likeness (QED) is 0.555. The Bertz CT molecular complexity index is 188. The Balaban J connectivity index is 2.43. The van der Waals surface area contributed by atoms with Gasteiger partial charge in [-0.2, -0.15) is 0 Å². The van der Waals surface area contributed by atoms with Crippen molar-refractivity contribution in [3.63, 3.8) is 0 Å². The molecule has 0 N–H and O–H groups in total. The Morgan fingerprint density at radius 1 is 1.91 bits per heavy atom. The highest BCUT2D eigenvalue weighted by atomic mass is 16.6. The summed E-state index contributed by atoms with van der Waals surface area (Å²) >= 11 is 0. The van der Waals surface area contributed by atoms with Crippen LogP contribution in [0.25, 0.3) is 0 Å². The highest BCUT2D eigenvalue weighted by Gasteiger charge is 2.23. The van der Waals surface area contributed by atoms with E-state index < -0.39 is 0 Å². The number of nitrogens with zero attached hydrogens (tertiary/aromatic N) is 1. The highest BCUT2D eigenvalue weighted by molar-refractivity contribution is 6.36. The first-order valence-electron chi connectivity index (χ1n) is 3.64. The van der Waals surface area contributed by atoms with Gasteiger partial charge in [0.15, 0.2) is 5.71 Å². The first-order chi connectivity index (χ1) is 5.24. The fourth-order valence-corrected chi connectivity index (χ4v) is 0.835. The molecular weight excluding hydrogens is 146 g/mol. The molecule has 4 nitrogen and oxygen atoms in total. The van der Waals surface area contributed by atoms with Gasteiger partial charge in [-0.25, -0.2) is 4.79 Å². The SMILES string of the molecule is CCOC(=O)C1=NOC(C)C1. The summed E-state index contributed by atoms with van der Waals surface area (Å²) in [5.74, 6) is -0.364. The Kier molecular flexibility index (Phi) is 2.46. The molecule has 0 amide bonds. The van der Waals surface area contributed by atoms with Crippen molar-refractivity contribution in [1.29, 1.82) is 0 Å². The molecule has 1 unspecified atom stereocenters. The van der Waals surface area contributed by atoms with Gasteiger partial charge in [-0.05, 0) is 13.8 Å². The zero-order valence-electron chi connectivity index (χ0n) is 6.66. The van der Waals surface area contributed by atoms with E-state index >= 15 is 0 Å². The molecule has 0 aromatic heterocycles. The van der Waals surface area contributed by atoms with Crippen molar-refractivity contribution in [3.05, 3.63) is 0 Å². The third kappa shape index (κ3) is 1.93. The van der Waals surface area contributed by atoms with E-state index in [1.165, 1.54) is 0 Å². The first kappa shape index (κ1) is 8.04. The van der Waals surface area contributed by atoms with E-state index in [0.717, 1.165) is 0 Å². The van der Waals surface area contributed by atoms with Gasteiger partial charge in [0.2, 0.25) is 0 Å². The van der Waals surface area contributed by atoms with Gasteiger partial charge in [-0.1, -0.05) is 5.16 Å². The fourth-order valence-electron chi connectivity index (χ4n) is 0.835. The van der Waals surface area contributed by atoms with Crippen molar-refractivity contribution >= 4 is 11.7 Å². The van der Waals surface area contributed by atoms with Crippen LogP contribution in [0.3, 0.4) is 0 Å². The van der Waals surface area contributed by atoms with Gasteiger partial charge in [-0.3, -0.25) is 0 Å². The molecule has 0 spiro atoms. The summed E-state index contributed by atoms with van der Waals surface area (Å²) in [5.41, 5.74) is 0.388. The van der Waals surface area contributed by atoms with E-state index in [2.05, 4.69) is 5.16 Å². The van der Waals surface area contributed by atoms with Gasteiger partial charge in [-0.15, -0.1) is 0 Å². The van der Waals surface area contributed by atoms with Crippen molar-refractivity contribution in [2.24, 2.45) is 5.16 Å². The lowest BCUT2D eigenvalue weighted by molar-refractivity contribution is -0.135. The third-order valence-electron chi connectivity index (χ3n) is 1.33. The van der Waals surface area contributed by atoms with E-state index in [9.17, 15) is 4.79 Å². The average Bonchev–Trinajstić information content (AvgIpc) is 2.36. The van der Waals surface area contributed by atoms with Gasteiger partial charge in [0.25, 0.3) is 0 Å². The third-order valence-corrected chi connectivity index (χ3v) is 1.33. The van der Waals surface area contributed by atoms with Crippen LogP contribution in [0, 0.1) is 0 Å². The Labute approximate surface area is 65.2 Å². The molecule has 0 saturated heterocycles. The monoisotopic (exact) mass is 157 g/mol. The van der Waals surface area contributed by atoms with Crippen molar-refractivity contribution < 1.29 is 14.4 Å². The number of oxime groups is 1. The molecule has 1 atom stereocenters. The number of ether oxygens (including phenoxy) is 1. The lowest BCUT2D eigenvalue weighted by Gasteiger charge is -1.98. The smallest absolute Gasteiger partial charge is 0.356 e. The van der Waals surface area contributed by atoms with Crippen molar-refractivity contribution in [1.82, 2.24) is 0 Å². The summed E-state index contributed by atoms with van der Waals surface area (Å²) in [6.07, 6.45) is 0.563. The maximum atomic E-state index is 11.0. The molecule has 0 saturated carbocycles. The van der Waals surface area contributed by atoms with Crippen molar-refractivity contribution in [3.8, 4) is 0 Å². The standard InChI is InChI=1S/C7H11NO3/c1-3-10-7(9)6-4-5(2)11-8-6/h5H,3-4H2,1-2H3. The molecule has 1 heterocycles. The Morgan fingerprint density at radius 2 is 2.64 bits per heavy atom. The number of hydrogen-bond donors (Lipinski definition) is 0. The van der Waals surface area contributed by atoms with Gasteiger partial charge >= 0.3 is 5.97 Å². The molecule has 0 radical (unpaired) electrons. The topological polar surface area (TPSA) is 47.9 Å². The number of carbonyl (C=O) groups is 1. The highest BCUT2D eigenvalue weighted by Crippen LogP contribution is 2.09. The lowest BCUT2D eigenvalue weighted by atomic mass is 10.2. The molecule has 0 fully saturated rings. The van der Waals surface area contributed by atoms with E-state index in [1.54, 1.807) is 6.92 Å². The van der Waals surface area contributed by atoms with Crippen LogP contribution in [0.5, 0.6) is 0 Å². The molecule has 4 heteroatoms. The first-order valence-corrected chi connectivity index (χ1v) is 3.64. The van der Waals surface area contributed by atoms with Gasteiger partial charge in [0, 0.05) is 6.42 Å². The number of hydrogen-bond acceptors (Lipinski definition) is 4. The summed E-state index contributed by atoms with van der Waals surface area (Å²) in [6.45, 7) is 4.00. The summed E-state index contributed by atoms with van der Waals surface area (Å²) < 4.78 is 4.72. The fraction of sp³-hybridized carbons (Fsp3) is 0.714. The molecular formula is C7H11NO3. The number of esters is 1. The largest absolute Gasteiger partial charge is 0.461 e. The molecule has 0 aliphatic carbocycles. The normalized spacial score (nSPS) is 22.4. The molecule has 0 aromatic rings. The molecule has 1 aliphatic rings. The van der Waals surface area contributed by atoms with Crippen LogP contribution in [0.4, 0.5) is 0 Å². The van der Waals surface area contributed by atoms with E-state index in [0.29, 0.717) is 18.7 Å². The summed E-state index contributed by atoms with van der Waals surface area (Å²) in [6, 6.07) is 0. The Morgan fingerprint density at radius 3 is 3.09 bits per heavy atom. The summed E-state index contributed by atoms with van der Waals surface area (Å²) in [5, 5.41) is 3.58. The maximum absolute atomic E-state index is 11.0. The predicted molar refractivity (Wildman–Crippen MR) is 39.2 cm³/mol. The predicted octanol–water partition coefficient (Wildman–Crippen LogP) is 0.714. The maximum Gasteiger partial charge on any atom is 0.356 e. The van der Waals surface area contributed by atoms with Gasteiger partial charge in [0.1, 0.15) is 6.10 Å². The van der Waals surface area contributed by atoms with Crippen LogP contribution in [0.2, 0.25) is 0 Å². The molecule has 1 rings (SSSR count). The Hall–Kier alpha value is -1.06. The second kappa shape index (κ2) is 3.37. The van der Waals surface area contributed by atoms with Crippen LogP contribution >= 0.6 is 0 Å². The number of rotatable bonds is 2. The second-order valence-electron chi connectivity index (χ2n) is 2.38. The lowest BCUT2D eigenvalue weighted by Crippen LogP contribution is -2.16. The molecule has 0 bridgehead atoms. The zero-order valence-corrected chi connectivity index (χ0v) is 6.66. The molecule has 62 valence electrons. The van der Waals surface area contributed by atoms with Crippen LogP contribution in [0.15, 0.2) is 5.16 Å². The van der Waals surface area contributed by atoms with Crippen LogP contribution in [0.1, 0.15) is 20.3 Å². The van der Waals surface area contributed by atoms with Crippen LogP contribution < -0.4 is 0 Å².